The number of ether oxygens (including phenoxy) is 1. The Morgan fingerprint density at radius 1 is 1.33 bits per heavy atom. The first kappa shape index (κ1) is 12.6. The van der Waals surface area contributed by atoms with Gasteiger partial charge in [0.1, 0.15) is 0 Å². The molecule has 2 rings (SSSR count). The van der Waals surface area contributed by atoms with Crippen LogP contribution in [0.4, 0.5) is 10.5 Å². The molecular formula is C14H18N2O2. The highest BCUT2D eigenvalue weighted by Gasteiger charge is 2.22. The second-order valence-corrected chi connectivity index (χ2v) is 4.12. The van der Waals surface area contributed by atoms with Crippen LogP contribution in [0.25, 0.3) is 0 Å². The third kappa shape index (κ3) is 2.90. The number of amides is 2. The molecule has 4 heteroatoms. The Morgan fingerprint density at radius 2 is 2.00 bits per heavy atom. The molecule has 1 aromatic carbocycles. The lowest BCUT2D eigenvalue weighted by atomic mass is 10.3. The van der Waals surface area contributed by atoms with Gasteiger partial charge in [-0.2, -0.15) is 0 Å². The summed E-state index contributed by atoms with van der Waals surface area (Å²) in [6.45, 7) is 6.76. The first-order chi connectivity index (χ1) is 8.83. The number of nitrogens with zero attached hydrogens (tertiary/aromatic N) is 2. The van der Waals surface area contributed by atoms with Crippen molar-refractivity contribution in [3.63, 3.8) is 0 Å². The summed E-state index contributed by atoms with van der Waals surface area (Å²) in [5.41, 5.74) is 0.897. The second-order valence-electron chi connectivity index (χ2n) is 4.12. The predicted octanol–water partition coefficient (Wildman–Crippen LogP) is 2.13. The lowest BCUT2D eigenvalue weighted by Crippen LogP contribution is -2.48. The van der Waals surface area contributed by atoms with Crippen molar-refractivity contribution in [1.82, 2.24) is 4.90 Å². The molecule has 1 aromatic rings. The number of rotatable bonds is 3. The summed E-state index contributed by atoms with van der Waals surface area (Å²) >= 11 is 0. The van der Waals surface area contributed by atoms with E-state index in [0.717, 1.165) is 5.69 Å². The van der Waals surface area contributed by atoms with Crippen LogP contribution in [0.1, 0.15) is 0 Å². The molecule has 4 nitrogen and oxygen atoms in total. The van der Waals surface area contributed by atoms with Crippen molar-refractivity contribution in [2.75, 3.05) is 37.7 Å². The largest absolute Gasteiger partial charge is 0.378 e. The number of benzene rings is 1. The van der Waals surface area contributed by atoms with Crippen molar-refractivity contribution < 1.29 is 9.53 Å². The van der Waals surface area contributed by atoms with Crippen molar-refractivity contribution in [3.8, 4) is 0 Å². The molecule has 1 aliphatic rings. The SMILES string of the molecule is C=CCN(C(=O)N1CCOCC1)c1ccccc1. The van der Waals surface area contributed by atoms with Gasteiger partial charge in [-0.05, 0) is 12.1 Å². The lowest BCUT2D eigenvalue weighted by molar-refractivity contribution is 0.0550. The molecule has 0 aliphatic carbocycles. The Bertz CT molecular complexity index is 400. The van der Waals surface area contributed by atoms with Crippen LogP contribution in [-0.4, -0.2) is 43.8 Å². The average molecular weight is 246 g/mol. The van der Waals surface area contributed by atoms with E-state index in [-0.39, 0.29) is 6.03 Å². The number of carbonyl (C=O) groups is 1. The van der Waals surface area contributed by atoms with E-state index in [9.17, 15) is 4.79 Å². The fourth-order valence-electron chi connectivity index (χ4n) is 1.96. The molecule has 0 spiro atoms. The number of anilines is 1. The molecule has 96 valence electrons. The summed E-state index contributed by atoms with van der Waals surface area (Å²) in [6.07, 6.45) is 1.74. The van der Waals surface area contributed by atoms with E-state index in [4.69, 9.17) is 4.74 Å². The van der Waals surface area contributed by atoms with Crippen LogP contribution in [0.2, 0.25) is 0 Å². The highest BCUT2D eigenvalue weighted by Crippen LogP contribution is 2.16. The number of carbonyl (C=O) groups excluding carboxylic acids is 1. The Labute approximate surface area is 107 Å². The summed E-state index contributed by atoms with van der Waals surface area (Å²) in [5.74, 6) is 0. The summed E-state index contributed by atoms with van der Waals surface area (Å²) in [6, 6.07) is 9.68. The molecule has 1 fully saturated rings. The Kier molecular flexibility index (Phi) is 4.36. The molecule has 0 atom stereocenters. The molecule has 0 bridgehead atoms. The van der Waals surface area contributed by atoms with Gasteiger partial charge in [-0.15, -0.1) is 6.58 Å². The third-order valence-corrected chi connectivity index (χ3v) is 2.89. The van der Waals surface area contributed by atoms with E-state index in [1.807, 2.05) is 35.2 Å². The maximum Gasteiger partial charge on any atom is 0.324 e. The van der Waals surface area contributed by atoms with E-state index < -0.39 is 0 Å². The number of morpholine rings is 1. The zero-order chi connectivity index (χ0) is 12.8. The number of urea groups is 1. The van der Waals surface area contributed by atoms with E-state index >= 15 is 0 Å². The highest BCUT2D eigenvalue weighted by atomic mass is 16.5. The van der Waals surface area contributed by atoms with Crippen LogP contribution >= 0.6 is 0 Å². The van der Waals surface area contributed by atoms with Crippen LogP contribution in [0, 0.1) is 0 Å². The first-order valence-corrected chi connectivity index (χ1v) is 6.13. The van der Waals surface area contributed by atoms with Crippen molar-refractivity contribution in [3.05, 3.63) is 43.0 Å². The second kappa shape index (κ2) is 6.21. The summed E-state index contributed by atoms with van der Waals surface area (Å²) in [5, 5.41) is 0. The summed E-state index contributed by atoms with van der Waals surface area (Å²) < 4.78 is 5.26. The van der Waals surface area contributed by atoms with Gasteiger partial charge in [0.05, 0.1) is 13.2 Å². The topological polar surface area (TPSA) is 32.8 Å². The van der Waals surface area contributed by atoms with Crippen molar-refractivity contribution in [2.45, 2.75) is 0 Å². The molecule has 18 heavy (non-hydrogen) atoms. The maximum absolute atomic E-state index is 12.4. The Hall–Kier alpha value is -1.81. The standard InChI is InChI=1S/C14H18N2O2/c1-2-8-16(13-6-4-3-5-7-13)14(17)15-9-11-18-12-10-15/h2-7H,1,8-12H2. The fraction of sp³-hybridized carbons (Fsp3) is 0.357. The van der Waals surface area contributed by atoms with Gasteiger partial charge in [-0.25, -0.2) is 4.79 Å². The van der Waals surface area contributed by atoms with Gasteiger partial charge in [0.15, 0.2) is 0 Å². The van der Waals surface area contributed by atoms with Gasteiger partial charge >= 0.3 is 6.03 Å². The number of hydrogen-bond acceptors (Lipinski definition) is 2. The minimum Gasteiger partial charge on any atom is -0.378 e. The van der Waals surface area contributed by atoms with E-state index in [0.29, 0.717) is 32.8 Å². The van der Waals surface area contributed by atoms with Crippen molar-refractivity contribution in [1.29, 1.82) is 0 Å². The van der Waals surface area contributed by atoms with Gasteiger partial charge in [0.2, 0.25) is 0 Å². The normalized spacial score (nSPS) is 15.2. The molecule has 2 amide bonds. The molecular weight excluding hydrogens is 228 g/mol. The van der Waals surface area contributed by atoms with Gasteiger partial charge in [0, 0.05) is 25.3 Å². The van der Waals surface area contributed by atoms with Gasteiger partial charge in [0.25, 0.3) is 0 Å². The van der Waals surface area contributed by atoms with Gasteiger partial charge in [-0.1, -0.05) is 24.3 Å². The van der Waals surface area contributed by atoms with Gasteiger partial charge < -0.3 is 9.64 Å². The van der Waals surface area contributed by atoms with Crippen LogP contribution < -0.4 is 4.90 Å². The molecule has 0 N–H and O–H groups in total. The van der Waals surface area contributed by atoms with Crippen molar-refractivity contribution in [2.24, 2.45) is 0 Å². The van der Waals surface area contributed by atoms with E-state index in [1.165, 1.54) is 0 Å². The molecule has 1 aliphatic heterocycles. The van der Waals surface area contributed by atoms with E-state index in [1.54, 1.807) is 11.0 Å². The quantitative estimate of drug-likeness (QED) is 0.765. The third-order valence-electron chi connectivity index (χ3n) is 2.89. The molecule has 0 aromatic heterocycles. The van der Waals surface area contributed by atoms with Crippen LogP contribution in [-0.2, 0) is 4.74 Å². The van der Waals surface area contributed by atoms with E-state index in [2.05, 4.69) is 6.58 Å². The van der Waals surface area contributed by atoms with Crippen LogP contribution in [0.15, 0.2) is 43.0 Å². The van der Waals surface area contributed by atoms with Crippen LogP contribution in [0.3, 0.4) is 0 Å². The minimum absolute atomic E-state index is 0.0180. The summed E-state index contributed by atoms with van der Waals surface area (Å²) in [7, 11) is 0. The Balaban J connectivity index is 2.14. The van der Waals surface area contributed by atoms with Crippen LogP contribution in [0.5, 0.6) is 0 Å². The smallest absolute Gasteiger partial charge is 0.324 e. The highest BCUT2D eigenvalue weighted by molar-refractivity contribution is 5.92. The minimum atomic E-state index is 0.0180. The number of hydrogen-bond donors (Lipinski definition) is 0. The average Bonchev–Trinajstić information content (AvgIpc) is 2.46. The predicted molar refractivity (Wildman–Crippen MR) is 71.8 cm³/mol. The molecule has 0 saturated carbocycles. The monoisotopic (exact) mass is 246 g/mol. The molecule has 1 saturated heterocycles. The van der Waals surface area contributed by atoms with Crippen molar-refractivity contribution >= 4 is 11.7 Å². The lowest BCUT2D eigenvalue weighted by Gasteiger charge is -2.32. The zero-order valence-electron chi connectivity index (χ0n) is 10.4. The fourth-order valence-corrected chi connectivity index (χ4v) is 1.96. The first-order valence-electron chi connectivity index (χ1n) is 6.13. The molecule has 0 radical (unpaired) electrons. The molecule has 1 heterocycles. The zero-order valence-corrected chi connectivity index (χ0v) is 10.4. The Morgan fingerprint density at radius 3 is 2.61 bits per heavy atom. The maximum atomic E-state index is 12.4. The number of para-hydroxylation sites is 1. The summed E-state index contributed by atoms with van der Waals surface area (Å²) in [4.78, 5) is 16.0. The van der Waals surface area contributed by atoms with Gasteiger partial charge in [-0.3, -0.25) is 4.90 Å². The molecule has 0 unspecified atom stereocenters.